The van der Waals surface area contributed by atoms with Gasteiger partial charge in [0.05, 0.1) is 11.4 Å². The Morgan fingerprint density at radius 3 is 2.86 bits per heavy atom. The van der Waals surface area contributed by atoms with Gasteiger partial charge in [0.25, 0.3) is 0 Å². The van der Waals surface area contributed by atoms with Crippen LogP contribution >= 0.6 is 11.6 Å². The highest BCUT2D eigenvalue weighted by atomic mass is 35.5. The fourth-order valence-corrected chi connectivity index (χ4v) is 2.72. The van der Waals surface area contributed by atoms with E-state index in [1.54, 1.807) is 17.0 Å². The van der Waals surface area contributed by atoms with Crippen molar-refractivity contribution in [3.63, 3.8) is 0 Å². The van der Waals surface area contributed by atoms with E-state index in [-0.39, 0.29) is 11.9 Å². The van der Waals surface area contributed by atoms with Gasteiger partial charge in [0.15, 0.2) is 0 Å². The standard InChI is InChI=1S/C15H21ClN4O2/c1-4-12-14(21)17-7-8-20(12)15(22)18-11-9-10(16)5-6-13(11)19(2)3/h5-6,9,12H,4,7-8H2,1-3H3,(H,17,21)(H,18,22)/t12-/m0/s1. The van der Waals surface area contributed by atoms with Crippen LogP contribution in [0.15, 0.2) is 18.2 Å². The van der Waals surface area contributed by atoms with Crippen LogP contribution in [0.3, 0.4) is 0 Å². The molecule has 0 spiro atoms. The zero-order chi connectivity index (χ0) is 16.3. The summed E-state index contributed by atoms with van der Waals surface area (Å²) >= 11 is 6.02. The van der Waals surface area contributed by atoms with E-state index in [4.69, 9.17) is 11.6 Å². The third-order valence-electron chi connectivity index (χ3n) is 3.66. The molecule has 6 nitrogen and oxygen atoms in total. The minimum Gasteiger partial charge on any atom is -0.376 e. The average molecular weight is 325 g/mol. The molecule has 1 fully saturated rings. The molecule has 1 saturated heterocycles. The van der Waals surface area contributed by atoms with E-state index in [0.29, 0.717) is 30.2 Å². The van der Waals surface area contributed by atoms with Crippen LogP contribution in [0.25, 0.3) is 0 Å². The summed E-state index contributed by atoms with van der Waals surface area (Å²) in [7, 11) is 3.78. The van der Waals surface area contributed by atoms with Crippen LogP contribution in [0.5, 0.6) is 0 Å². The topological polar surface area (TPSA) is 64.7 Å². The van der Waals surface area contributed by atoms with E-state index in [1.165, 1.54) is 0 Å². The molecular formula is C15H21ClN4O2. The van der Waals surface area contributed by atoms with Crippen LogP contribution in [0.2, 0.25) is 5.02 Å². The highest BCUT2D eigenvalue weighted by Gasteiger charge is 2.31. The van der Waals surface area contributed by atoms with Crippen molar-refractivity contribution in [2.75, 3.05) is 37.4 Å². The molecule has 0 bridgehead atoms. The molecule has 1 aliphatic heterocycles. The Morgan fingerprint density at radius 1 is 1.50 bits per heavy atom. The quantitative estimate of drug-likeness (QED) is 0.895. The maximum Gasteiger partial charge on any atom is 0.322 e. The molecule has 22 heavy (non-hydrogen) atoms. The lowest BCUT2D eigenvalue weighted by molar-refractivity contribution is -0.127. The van der Waals surface area contributed by atoms with Gasteiger partial charge >= 0.3 is 6.03 Å². The van der Waals surface area contributed by atoms with Crippen molar-refractivity contribution in [3.8, 4) is 0 Å². The van der Waals surface area contributed by atoms with Crippen molar-refractivity contribution in [1.29, 1.82) is 0 Å². The van der Waals surface area contributed by atoms with E-state index in [0.717, 1.165) is 5.69 Å². The molecule has 0 unspecified atom stereocenters. The molecule has 1 aromatic rings. The van der Waals surface area contributed by atoms with E-state index in [9.17, 15) is 9.59 Å². The number of carbonyl (C=O) groups is 2. The zero-order valence-corrected chi connectivity index (χ0v) is 13.8. The van der Waals surface area contributed by atoms with Gasteiger partial charge in [-0.15, -0.1) is 0 Å². The minimum atomic E-state index is -0.434. The van der Waals surface area contributed by atoms with Gasteiger partial charge in [0.2, 0.25) is 5.91 Å². The molecule has 1 heterocycles. The summed E-state index contributed by atoms with van der Waals surface area (Å²) in [6, 6.07) is 4.61. The second-order valence-corrected chi connectivity index (χ2v) is 5.83. The first-order valence-electron chi connectivity index (χ1n) is 7.26. The maximum absolute atomic E-state index is 12.5. The lowest BCUT2D eigenvalue weighted by Crippen LogP contribution is -2.57. The Morgan fingerprint density at radius 2 is 2.23 bits per heavy atom. The van der Waals surface area contributed by atoms with Gasteiger partial charge < -0.3 is 20.4 Å². The number of nitrogens with one attached hydrogen (secondary N) is 2. The third-order valence-corrected chi connectivity index (χ3v) is 3.90. The minimum absolute atomic E-state index is 0.108. The highest BCUT2D eigenvalue weighted by Crippen LogP contribution is 2.28. The molecule has 120 valence electrons. The lowest BCUT2D eigenvalue weighted by atomic mass is 10.1. The summed E-state index contributed by atoms with van der Waals surface area (Å²) < 4.78 is 0. The van der Waals surface area contributed by atoms with Gasteiger partial charge in [0, 0.05) is 32.2 Å². The molecule has 2 rings (SSSR count). The van der Waals surface area contributed by atoms with E-state index < -0.39 is 6.04 Å². The van der Waals surface area contributed by atoms with E-state index in [1.807, 2.05) is 32.0 Å². The number of rotatable bonds is 3. The normalized spacial score (nSPS) is 17.9. The molecular weight excluding hydrogens is 304 g/mol. The van der Waals surface area contributed by atoms with Crippen molar-refractivity contribution in [1.82, 2.24) is 10.2 Å². The summed E-state index contributed by atoms with van der Waals surface area (Å²) in [5, 5.41) is 6.19. The van der Waals surface area contributed by atoms with Gasteiger partial charge in [-0.3, -0.25) is 4.79 Å². The smallest absolute Gasteiger partial charge is 0.322 e. The van der Waals surface area contributed by atoms with E-state index >= 15 is 0 Å². The summed E-state index contributed by atoms with van der Waals surface area (Å²) in [6.45, 7) is 2.85. The number of halogens is 1. The first-order valence-corrected chi connectivity index (χ1v) is 7.64. The molecule has 2 N–H and O–H groups in total. The van der Waals surface area contributed by atoms with Crippen LogP contribution in [0.1, 0.15) is 13.3 Å². The SMILES string of the molecule is CC[C@H]1C(=O)NCCN1C(=O)Nc1cc(Cl)ccc1N(C)C. The molecule has 1 atom stereocenters. The van der Waals surface area contributed by atoms with Crippen molar-refractivity contribution in [2.45, 2.75) is 19.4 Å². The predicted molar refractivity (Wildman–Crippen MR) is 88.6 cm³/mol. The molecule has 0 aliphatic carbocycles. The second kappa shape index (κ2) is 6.87. The Kier molecular flexibility index (Phi) is 5.13. The first kappa shape index (κ1) is 16.4. The Bertz CT molecular complexity index is 577. The number of anilines is 2. The van der Waals surface area contributed by atoms with Crippen molar-refractivity contribution in [2.24, 2.45) is 0 Å². The molecule has 0 radical (unpaired) electrons. The monoisotopic (exact) mass is 324 g/mol. The van der Waals surface area contributed by atoms with Crippen LogP contribution < -0.4 is 15.5 Å². The van der Waals surface area contributed by atoms with Gasteiger partial charge in [-0.25, -0.2) is 4.79 Å². The van der Waals surface area contributed by atoms with Crippen molar-refractivity contribution >= 4 is 34.9 Å². The van der Waals surface area contributed by atoms with Gasteiger partial charge in [-0.05, 0) is 24.6 Å². The Labute approximate surface area is 135 Å². The summed E-state index contributed by atoms with van der Waals surface area (Å²) in [5.41, 5.74) is 1.48. The number of urea groups is 1. The van der Waals surface area contributed by atoms with Crippen LogP contribution in [0.4, 0.5) is 16.2 Å². The number of piperazine rings is 1. The fourth-order valence-electron chi connectivity index (χ4n) is 2.55. The fraction of sp³-hybridized carbons (Fsp3) is 0.467. The highest BCUT2D eigenvalue weighted by molar-refractivity contribution is 6.31. The number of benzene rings is 1. The van der Waals surface area contributed by atoms with Crippen LogP contribution in [0, 0.1) is 0 Å². The third kappa shape index (κ3) is 3.44. The predicted octanol–water partition coefficient (Wildman–Crippen LogP) is 2.15. The zero-order valence-electron chi connectivity index (χ0n) is 13.0. The van der Waals surface area contributed by atoms with Gasteiger partial charge in [0.1, 0.15) is 6.04 Å². The number of carbonyl (C=O) groups excluding carboxylic acids is 2. The molecule has 0 saturated carbocycles. The number of hydrogen-bond donors (Lipinski definition) is 2. The van der Waals surface area contributed by atoms with Crippen LogP contribution in [-0.2, 0) is 4.79 Å². The lowest BCUT2D eigenvalue weighted by Gasteiger charge is -2.34. The Hall–Kier alpha value is -1.95. The molecule has 7 heteroatoms. The molecule has 3 amide bonds. The van der Waals surface area contributed by atoms with E-state index in [2.05, 4.69) is 10.6 Å². The molecule has 1 aromatic carbocycles. The second-order valence-electron chi connectivity index (χ2n) is 5.39. The van der Waals surface area contributed by atoms with Gasteiger partial charge in [-0.2, -0.15) is 0 Å². The van der Waals surface area contributed by atoms with Crippen molar-refractivity contribution < 1.29 is 9.59 Å². The molecule has 0 aromatic heterocycles. The number of nitrogens with zero attached hydrogens (tertiary/aromatic N) is 2. The largest absolute Gasteiger partial charge is 0.376 e. The molecule has 1 aliphatic rings. The average Bonchev–Trinajstić information content (AvgIpc) is 2.46. The first-order chi connectivity index (χ1) is 10.4. The Balaban J connectivity index is 2.21. The van der Waals surface area contributed by atoms with Crippen LogP contribution in [-0.4, -0.2) is 50.1 Å². The summed E-state index contributed by atoms with van der Waals surface area (Å²) in [6.07, 6.45) is 0.579. The van der Waals surface area contributed by atoms with Gasteiger partial charge in [-0.1, -0.05) is 18.5 Å². The maximum atomic E-state index is 12.5. The summed E-state index contributed by atoms with van der Waals surface area (Å²) in [5.74, 6) is -0.108. The number of hydrogen-bond acceptors (Lipinski definition) is 3. The number of amides is 3. The van der Waals surface area contributed by atoms with Crippen molar-refractivity contribution in [3.05, 3.63) is 23.2 Å². The summed E-state index contributed by atoms with van der Waals surface area (Å²) in [4.78, 5) is 27.9.